The third-order valence-corrected chi connectivity index (χ3v) is 4.73. The monoisotopic (exact) mass is 378 g/mol. The van der Waals surface area contributed by atoms with E-state index in [0.29, 0.717) is 27.1 Å². The van der Waals surface area contributed by atoms with Gasteiger partial charge in [-0.1, -0.05) is 11.6 Å². The molecule has 0 saturated heterocycles. The summed E-state index contributed by atoms with van der Waals surface area (Å²) in [5, 5.41) is 15.6. The van der Waals surface area contributed by atoms with Crippen molar-refractivity contribution in [3.8, 4) is 0 Å². The summed E-state index contributed by atoms with van der Waals surface area (Å²) < 4.78 is 14.0. The van der Waals surface area contributed by atoms with Gasteiger partial charge in [0.1, 0.15) is 10.7 Å². The van der Waals surface area contributed by atoms with Crippen molar-refractivity contribution >= 4 is 62.0 Å². The van der Waals surface area contributed by atoms with Crippen LogP contribution in [0.4, 0.5) is 21.5 Å². The predicted molar refractivity (Wildman–Crippen MR) is 97.8 cm³/mol. The second kappa shape index (κ2) is 6.70. The summed E-state index contributed by atoms with van der Waals surface area (Å²) in [6, 6.07) is 9.11. The SMILES string of the molecule is CC(=O)Nc1cc(Nc2ccc(F)c(Cl)c2)c2cc(C(=O)O)sc2c1. The minimum atomic E-state index is -1.03. The van der Waals surface area contributed by atoms with E-state index in [1.165, 1.54) is 25.1 Å². The van der Waals surface area contributed by atoms with Gasteiger partial charge in [-0.25, -0.2) is 9.18 Å². The fourth-order valence-corrected chi connectivity index (χ4v) is 3.50. The number of benzene rings is 2. The number of hydrogen-bond donors (Lipinski definition) is 3. The summed E-state index contributed by atoms with van der Waals surface area (Å²) in [4.78, 5) is 22.8. The molecule has 8 heteroatoms. The van der Waals surface area contributed by atoms with E-state index >= 15 is 0 Å². The molecule has 0 bridgehead atoms. The molecule has 0 unspecified atom stereocenters. The average molecular weight is 379 g/mol. The molecule has 1 heterocycles. The number of anilines is 3. The van der Waals surface area contributed by atoms with Gasteiger partial charge < -0.3 is 15.7 Å². The highest BCUT2D eigenvalue weighted by atomic mass is 35.5. The molecule has 1 aromatic heterocycles. The van der Waals surface area contributed by atoms with Crippen LogP contribution in [0.1, 0.15) is 16.6 Å². The Morgan fingerprint density at radius 2 is 1.92 bits per heavy atom. The van der Waals surface area contributed by atoms with Gasteiger partial charge in [0.2, 0.25) is 5.91 Å². The molecule has 0 radical (unpaired) electrons. The van der Waals surface area contributed by atoms with E-state index in [4.69, 9.17) is 11.6 Å². The lowest BCUT2D eigenvalue weighted by Gasteiger charge is -2.11. The van der Waals surface area contributed by atoms with Crippen molar-refractivity contribution in [2.75, 3.05) is 10.6 Å². The van der Waals surface area contributed by atoms with Crippen LogP contribution < -0.4 is 10.6 Å². The minimum Gasteiger partial charge on any atom is -0.477 e. The number of fused-ring (bicyclic) bond motifs is 1. The Labute approximate surface area is 151 Å². The zero-order valence-corrected chi connectivity index (χ0v) is 14.5. The number of rotatable bonds is 4. The highest BCUT2D eigenvalue weighted by molar-refractivity contribution is 7.20. The summed E-state index contributed by atoms with van der Waals surface area (Å²) in [6.07, 6.45) is 0. The normalized spacial score (nSPS) is 10.7. The summed E-state index contributed by atoms with van der Waals surface area (Å²) in [5.74, 6) is -1.81. The fraction of sp³-hybridized carbons (Fsp3) is 0.0588. The standard InChI is InChI=1S/C17H12ClFN2O3S/c1-8(22)20-10-5-14(21-9-2-3-13(19)12(18)4-9)11-7-16(17(23)24)25-15(11)6-10/h2-7,21H,1H3,(H,20,22)(H,23,24). The maximum atomic E-state index is 13.3. The molecule has 0 aliphatic heterocycles. The number of carboxylic acid groups (broad SMARTS) is 1. The number of thiophene rings is 1. The summed E-state index contributed by atoms with van der Waals surface area (Å²) in [5.41, 5.74) is 1.64. The van der Waals surface area contributed by atoms with E-state index in [0.717, 1.165) is 11.3 Å². The van der Waals surface area contributed by atoms with Crippen LogP contribution >= 0.6 is 22.9 Å². The number of amides is 1. The highest BCUT2D eigenvalue weighted by Gasteiger charge is 2.14. The fourth-order valence-electron chi connectivity index (χ4n) is 2.35. The molecule has 3 rings (SSSR count). The van der Waals surface area contributed by atoms with Crippen LogP contribution in [0.15, 0.2) is 36.4 Å². The summed E-state index contributed by atoms with van der Waals surface area (Å²) in [7, 11) is 0. The highest BCUT2D eigenvalue weighted by Crippen LogP contribution is 2.36. The molecule has 5 nitrogen and oxygen atoms in total. The Balaban J connectivity index is 2.10. The van der Waals surface area contributed by atoms with E-state index in [1.54, 1.807) is 18.2 Å². The molecule has 128 valence electrons. The first kappa shape index (κ1) is 17.2. The zero-order chi connectivity index (χ0) is 18.1. The van der Waals surface area contributed by atoms with Crippen LogP contribution in [0.2, 0.25) is 5.02 Å². The first-order valence-electron chi connectivity index (χ1n) is 7.14. The molecule has 3 N–H and O–H groups in total. The molecule has 25 heavy (non-hydrogen) atoms. The van der Waals surface area contributed by atoms with E-state index in [-0.39, 0.29) is 15.8 Å². The van der Waals surface area contributed by atoms with Gasteiger partial charge in [-0.3, -0.25) is 4.79 Å². The van der Waals surface area contributed by atoms with Crippen molar-refractivity contribution in [3.05, 3.63) is 52.1 Å². The van der Waals surface area contributed by atoms with Crippen molar-refractivity contribution in [1.82, 2.24) is 0 Å². The smallest absolute Gasteiger partial charge is 0.345 e. The number of halogens is 2. The van der Waals surface area contributed by atoms with Crippen LogP contribution in [0.25, 0.3) is 10.1 Å². The van der Waals surface area contributed by atoms with Crippen LogP contribution in [0, 0.1) is 5.82 Å². The van der Waals surface area contributed by atoms with Crippen LogP contribution in [0.5, 0.6) is 0 Å². The number of carboxylic acids is 1. The molecule has 1 amide bonds. The van der Waals surface area contributed by atoms with Crippen molar-refractivity contribution in [2.24, 2.45) is 0 Å². The molecule has 0 saturated carbocycles. The maximum absolute atomic E-state index is 13.3. The minimum absolute atomic E-state index is 0.0317. The molecule has 3 aromatic rings. The van der Waals surface area contributed by atoms with E-state index in [2.05, 4.69) is 10.6 Å². The predicted octanol–water partition coefficient (Wildman–Crippen LogP) is 5.09. The van der Waals surface area contributed by atoms with Gasteiger partial charge >= 0.3 is 5.97 Å². The molecule has 0 aliphatic rings. The number of aromatic carboxylic acids is 1. The second-order valence-electron chi connectivity index (χ2n) is 5.29. The Bertz CT molecular complexity index is 1000. The van der Waals surface area contributed by atoms with Gasteiger partial charge in [-0.05, 0) is 36.4 Å². The number of nitrogens with one attached hydrogen (secondary N) is 2. The molecule has 0 fully saturated rings. The summed E-state index contributed by atoms with van der Waals surface area (Å²) >= 11 is 6.90. The van der Waals surface area contributed by atoms with E-state index in [9.17, 15) is 19.1 Å². The third-order valence-electron chi connectivity index (χ3n) is 3.37. The molecular weight excluding hydrogens is 367 g/mol. The van der Waals surface area contributed by atoms with Gasteiger partial charge in [0, 0.05) is 34.1 Å². The van der Waals surface area contributed by atoms with Gasteiger partial charge in [0.15, 0.2) is 0 Å². The lowest BCUT2D eigenvalue weighted by Crippen LogP contribution is -2.06. The zero-order valence-electron chi connectivity index (χ0n) is 12.9. The van der Waals surface area contributed by atoms with Crippen LogP contribution in [0.3, 0.4) is 0 Å². The largest absolute Gasteiger partial charge is 0.477 e. The maximum Gasteiger partial charge on any atom is 0.345 e. The molecule has 0 spiro atoms. The van der Waals surface area contributed by atoms with Gasteiger partial charge in [0.05, 0.1) is 5.02 Å². The first-order chi connectivity index (χ1) is 11.8. The van der Waals surface area contributed by atoms with Gasteiger partial charge in [-0.15, -0.1) is 11.3 Å². The second-order valence-corrected chi connectivity index (χ2v) is 6.78. The Kier molecular flexibility index (Phi) is 4.61. The van der Waals surface area contributed by atoms with Crippen molar-refractivity contribution < 1.29 is 19.1 Å². The van der Waals surface area contributed by atoms with Crippen LogP contribution in [-0.4, -0.2) is 17.0 Å². The Morgan fingerprint density at radius 1 is 1.16 bits per heavy atom. The van der Waals surface area contributed by atoms with Crippen molar-refractivity contribution in [3.63, 3.8) is 0 Å². The Morgan fingerprint density at radius 3 is 2.56 bits per heavy atom. The Hall–Kier alpha value is -2.64. The van der Waals surface area contributed by atoms with Crippen LogP contribution in [-0.2, 0) is 4.79 Å². The summed E-state index contributed by atoms with van der Waals surface area (Å²) in [6.45, 7) is 1.38. The number of carbonyl (C=O) groups excluding carboxylic acids is 1. The van der Waals surface area contributed by atoms with Gasteiger partial charge in [0.25, 0.3) is 0 Å². The van der Waals surface area contributed by atoms with E-state index in [1.807, 2.05) is 0 Å². The van der Waals surface area contributed by atoms with Crippen molar-refractivity contribution in [2.45, 2.75) is 6.92 Å². The average Bonchev–Trinajstić information content (AvgIpc) is 2.95. The molecule has 0 atom stereocenters. The molecular formula is C17H12ClFN2O3S. The molecule has 2 aromatic carbocycles. The lowest BCUT2D eigenvalue weighted by atomic mass is 10.1. The first-order valence-corrected chi connectivity index (χ1v) is 8.33. The number of hydrogen-bond acceptors (Lipinski definition) is 4. The topological polar surface area (TPSA) is 78.4 Å². The van der Waals surface area contributed by atoms with Gasteiger partial charge in [-0.2, -0.15) is 0 Å². The third kappa shape index (κ3) is 3.72. The quantitative estimate of drug-likeness (QED) is 0.590. The van der Waals surface area contributed by atoms with Crippen molar-refractivity contribution in [1.29, 1.82) is 0 Å². The number of carbonyl (C=O) groups is 2. The molecule has 0 aliphatic carbocycles. The van der Waals surface area contributed by atoms with E-state index < -0.39 is 11.8 Å². The lowest BCUT2D eigenvalue weighted by molar-refractivity contribution is -0.114.